The van der Waals surface area contributed by atoms with Crippen molar-refractivity contribution in [2.75, 3.05) is 23.7 Å². The predicted molar refractivity (Wildman–Crippen MR) is 80.7 cm³/mol. The first-order valence-corrected chi connectivity index (χ1v) is 7.07. The number of nitrogen functional groups attached to an aromatic ring is 1. The van der Waals surface area contributed by atoms with Gasteiger partial charge in [0.05, 0.1) is 12.0 Å². The van der Waals surface area contributed by atoms with E-state index in [0.717, 1.165) is 30.8 Å². The highest BCUT2D eigenvalue weighted by atomic mass is 16.5. The number of ether oxygens (including phenoxy) is 1. The zero-order chi connectivity index (χ0) is 14.7. The average molecular weight is 277 g/mol. The van der Waals surface area contributed by atoms with E-state index in [1.54, 1.807) is 0 Å². The van der Waals surface area contributed by atoms with Crippen LogP contribution in [0.3, 0.4) is 0 Å². The van der Waals surface area contributed by atoms with E-state index >= 15 is 0 Å². The maximum Gasteiger partial charge on any atom is 0.222 e. The average Bonchev–Trinajstić information content (AvgIpc) is 2.37. The maximum atomic E-state index is 11.4. The van der Waals surface area contributed by atoms with Crippen LogP contribution in [0, 0.1) is 5.92 Å². The van der Waals surface area contributed by atoms with Crippen LogP contribution in [-0.2, 0) is 4.79 Å². The third-order valence-electron chi connectivity index (χ3n) is 3.47. The molecular formula is C15H23N3O2. The van der Waals surface area contributed by atoms with E-state index in [9.17, 15) is 4.79 Å². The van der Waals surface area contributed by atoms with E-state index in [1.807, 2.05) is 32.0 Å². The van der Waals surface area contributed by atoms with Crippen LogP contribution in [0.1, 0.15) is 26.7 Å². The van der Waals surface area contributed by atoms with Crippen LogP contribution >= 0.6 is 0 Å². The largest absolute Gasteiger partial charge is 0.491 e. The van der Waals surface area contributed by atoms with Crippen LogP contribution < -0.4 is 21.1 Å². The maximum absolute atomic E-state index is 11.4. The molecule has 1 aliphatic heterocycles. The first-order valence-electron chi connectivity index (χ1n) is 7.07. The number of anilines is 2. The van der Waals surface area contributed by atoms with Gasteiger partial charge in [-0.1, -0.05) is 0 Å². The molecule has 0 aromatic heterocycles. The lowest BCUT2D eigenvalue weighted by Crippen LogP contribution is -2.41. The molecule has 0 spiro atoms. The number of carbonyl (C=O) groups excluding carboxylic acids is 1. The molecule has 1 heterocycles. The number of hydrogen-bond donors (Lipinski definition) is 2. The summed E-state index contributed by atoms with van der Waals surface area (Å²) in [4.78, 5) is 13.5. The normalized spacial score (nSPS) is 19.1. The SMILES string of the molecule is CC(C)Oc1cc(N)cc(N2CCCC(C(N)=O)C2)c1. The Morgan fingerprint density at radius 2 is 2.15 bits per heavy atom. The first kappa shape index (κ1) is 14.5. The van der Waals surface area contributed by atoms with E-state index in [0.29, 0.717) is 12.2 Å². The van der Waals surface area contributed by atoms with Gasteiger partial charge in [0.15, 0.2) is 0 Å². The van der Waals surface area contributed by atoms with E-state index < -0.39 is 0 Å². The minimum atomic E-state index is -0.225. The number of hydrogen-bond acceptors (Lipinski definition) is 4. The second-order valence-electron chi connectivity index (χ2n) is 5.61. The number of amides is 1. The molecule has 1 atom stereocenters. The molecule has 0 aliphatic carbocycles. The lowest BCUT2D eigenvalue weighted by molar-refractivity contribution is -0.122. The van der Waals surface area contributed by atoms with E-state index in [-0.39, 0.29) is 17.9 Å². The predicted octanol–water partition coefficient (Wildman–Crippen LogP) is 1.76. The van der Waals surface area contributed by atoms with Gasteiger partial charge in [-0.15, -0.1) is 0 Å². The van der Waals surface area contributed by atoms with Gasteiger partial charge in [0.1, 0.15) is 5.75 Å². The number of nitrogens with zero attached hydrogens (tertiary/aromatic N) is 1. The monoisotopic (exact) mass is 277 g/mol. The molecule has 5 nitrogen and oxygen atoms in total. The Hall–Kier alpha value is -1.91. The summed E-state index contributed by atoms with van der Waals surface area (Å²) in [6, 6.07) is 5.70. The summed E-state index contributed by atoms with van der Waals surface area (Å²) in [6.45, 7) is 5.52. The lowest BCUT2D eigenvalue weighted by Gasteiger charge is -2.33. The molecule has 0 radical (unpaired) electrons. The Balaban J connectivity index is 2.18. The Bertz CT molecular complexity index is 488. The number of piperidine rings is 1. The van der Waals surface area contributed by atoms with Crippen molar-refractivity contribution < 1.29 is 9.53 Å². The van der Waals surface area contributed by atoms with Crippen LogP contribution in [0.25, 0.3) is 0 Å². The van der Waals surface area contributed by atoms with Crippen molar-refractivity contribution in [3.05, 3.63) is 18.2 Å². The van der Waals surface area contributed by atoms with Crippen molar-refractivity contribution in [3.8, 4) is 5.75 Å². The van der Waals surface area contributed by atoms with Crippen LogP contribution in [0.5, 0.6) is 5.75 Å². The van der Waals surface area contributed by atoms with Gasteiger partial charge < -0.3 is 21.1 Å². The van der Waals surface area contributed by atoms with Crippen LogP contribution in [0.15, 0.2) is 18.2 Å². The molecule has 1 unspecified atom stereocenters. The van der Waals surface area contributed by atoms with Crippen molar-refractivity contribution in [2.24, 2.45) is 11.7 Å². The highest BCUT2D eigenvalue weighted by Crippen LogP contribution is 2.29. The molecular weight excluding hydrogens is 254 g/mol. The quantitative estimate of drug-likeness (QED) is 0.822. The summed E-state index contributed by atoms with van der Waals surface area (Å²) in [5.74, 6) is 0.452. The van der Waals surface area contributed by atoms with E-state index in [4.69, 9.17) is 16.2 Å². The highest BCUT2D eigenvalue weighted by molar-refractivity contribution is 5.77. The van der Waals surface area contributed by atoms with Crippen LogP contribution in [-0.4, -0.2) is 25.1 Å². The second kappa shape index (κ2) is 6.03. The second-order valence-corrected chi connectivity index (χ2v) is 5.61. The number of carbonyl (C=O) groups is 1. The third kappa shape index (κ3) is 3.56. The van der Waals surface area contributed by atoms with Crippen molar-refractivity contribution in [3.63, 3.8) is 0 Å². The summed E-state index contributed by atoms with van der Waals surface area (Å²) in [6.07, 6.45) is 1.93. The molecule has 2 rings (SSSR count). The Morgan fingerprint density at radius 3 is 2.80 bits per heavy atom. The molecule has 0 bridgehead atoms. The summed E-state index contributed by atoms with van der Waals surface area (Å²) in [5, 5.41) is 0. The molecule has 110 valence electrons. The molecule has 1 fully saturated rings. The number of nitrogens with two attached hydrogens (primary N) is 2. The van der Waals surface area contributed by atoms with Gasteiger partial charge in [0.2, 0.25) is 5.91 Å². The smallest absolute Gasteiger partial charge is 0.222 e. The fourth-order valence-electron chi connectivity index (χ4n) is 2.57. The van der Waals surface area contributed by atoms with Crippen molar-refractivity contribution in [1.82, 2.24) is 0 Å². The van der Waals surface area contributed by atoms with Crippen LogP contribution in [0.2, 0.25) is 0 Å². The molecule has 0 saturated carbocycles. The van der Waals surface area contributed by atoms with Crippen molar-refractivity contribution in [2.45, 2.75) is 32.8 Å². The molecule has 1 aliphatic rings. The van der Waals surface area contributed by atoms with Gasteiger partial charge >= 0.3 is 0 Å². The minimum Gasteiger partial charge on any atom is -0.491 e. The molecule has 1 saturated heterocycles. The minimum absolute atomic E-state index is 0.0837. The Labute approximate surface area is 119 Å². The number of rotatable bonds is 4. The van der Waals surface area contributed by atoms with Crippen LogP contribution in [0.4, 0.5) is 11.4 Å². The zero-order valence-corrected chi connectivity index (χ0v) is 12.1. The van der Waals surface area contributed by atoms with Gasteiger partial charge in [-0.2, -0.15) is 0 Å². The van der Waals surface area contributed by atoms with Gasteiger partial charge in [0.25, 0.3) is 0 Å². The Morgan fingerprint density at radius 1 is 1.40 bits per heavy atom. The molecule has 5 heteroatoms. The molecule has 1 amide bonds. The van der Waals surface area contributed by atoms with E-state index in [1.165, 1.54) is 0 Å². The standard InChI is InChI=1S/C15H23N3O2/c1-10(2)20-14-7-12(16)6-13(8-14)18-5-3-4-11(9-18)15(17)19/h6-8,10-11H,3-5,9,16H2,1-2H3,(H2,17,19). The highest BCUT2D eigenvalue weighted by Gasteiger charge is 2.24. The van der Waals surface area contributed by atoms with Crippen molar-refractivity contribution >= 4 is 17.3 Å². The lowest BCUT2D eigenvalue weighted by atomic mass is 9.97. The van der Waals surface area contributed by atoms with Crippen molar-refractivity contribution in [1.29, 1.82) is 0 Å². The summed E-state index contributed by atoms with van der Waals surface area (Å²) in [7, 11) is 0. The van der Waals surface area contributed by atoms with E-state index in [2.05, 4.69) is 4.90 Å². The fraction of sp³-hybridized carbons (Fsp3) is 0.533. The zero-order valence-electron chi connectivity index (χ0n) is 12.1. The summed E-state index contributed by atoms with van der Waals surface area (Å²) < 4.78 is 5.70. The van der Waals surface area contributed by atoms with Gasteiger partial charge in [0, 0.05) is 36.6 Å². The topological polar surface area (TPSA) is 81.6 Å². The third-order valence-corrected chi connectivity index (χ3v) is 3.47. The number of benzene rings is 1. The Kier molecular flexibility index (Phi) is 4.37. The molecule has 1 aromatic carbocycles. The van der Waals surface area contributed by atoms with Gasteiger partial charge in [-0.05, 0) is 32.8 Å². The summed E-state index contributed by atoms with van der Waals surface area (Å²) >= 11 is 0. The molecule has 20 heavy (non-hydrogen) atoms. The summed E-state index contributed by atoms with van der Waals surface area (Å²) in [5.41, 5.74) is 13.0. The molecule has 1 aromatic rings. The first-order chi connectivity index (χ1) is 9.45. The van der Waals surface area contributed by atoms with Gasteiger partial charge in [-0.3, -0.25) is 4.79 Å². The molecule has 4 N–H and O–H groups in total. The van der Waals surface area contributed by atoms with Gasteiger partial charge in [-0.25, -0.2) is 0 Å². The number of primary amides is 1. The fourth-order valence-corrected chi connectivity index (χ4v) is 2.57.